The summed E-state index contributed by atoms with van der Waals surface area (Å²) in [6.07, 6.45) is -4.34. The smallest absolute Gasteiger partial charge is 0.383 e. The number of nitrogens with zero attached hydrogens (tertiary/aromatic N) is 1. The number of benzene rings is 1. The lowest BCUT2D eigenvalue weighted by atomic mass is 10.0. The summed E-state index contributed by atoms with van der Waals surface area (Å²) >= 11 is 0. The van der Waals surface area contributed by atoms with Gasteiger partial charge in [0.15, 0.2) is 0 Å². The Labute approximate surface area is 123 Å². The number of nitrogens with two attached hydrogens (primary N) is 1. The van der Waals surface area contributed by atoms with E-state index in [9.17, 15) is 13.2 Å². The van der Waals surface area contributed by atoms with Gasteiger partial charge in [0.1, 0.15) is 0 Å². The van der Waals surface area contributed by atoms with Gasteiger partial charge in [-0.3, -0.25) is 4.90 Å². The highest BCUT2D eigenvalue weighted by molar-refractivity contribution is 5.28. The highest BCUT2D eigenvalue weighted by Gasteiger charge is 2.30. The third-order valence-electron chi connectivity index (χ3n) is 3.39. The van der Waals surface area contributed by atoms with Crippen molar-refractivity contribution in [2.45, 2.75) is 32.1 Å². The van der Waals surface area contributed by atoms with Crippen LogP contribution in [0.4, 0.5) is 13.2 Å². The van der Waals surface area contributed by atoms with E-state index in [1.165, 1.54) is 6.07 Å². The van der Waals surface area contributed by atoms with Crippen LogP contribution >= 0.6 is 0 Å². The molecule has 0 aromatic heterocycles. The molecule has 120 valence electrons. The fraction of sp³-hybridized carbons (Fsp3) is 0.600. The van der Waals surface area contributed by atoms with Crippen LogP contribution in [0.1, 0.15) is 31.0 Å². The number of alkyl halides is 3. The van der Waals surface area contributed by atoms with Gasteiger partial charge in [0.25, 0.3) is 0 Å². The molecule has 0 bridgehead atoms. The monoisotopic (exact) mass is 304 g/mol. The third-order valence-corrected chi connectivity index (χ3v) is 3.39. The minimum Gasteiger partial charge on any atom is -0.383 e. The van der Waals surface area contributed by atoms with Crippen molar-refractivity contribution in [3.05, 3.63) is 35.4 Å². The van der Waals surface area contributed by atoms with E-state index in [1.54, 1.807) is 13.2 Å². The molecular weight excluding hydrogens is 281 g/mol. The molecule has 0 aliphatic rings. The fourth-order valence-electron chi connectivity index (χ4n) is 2.07. The summed E-state index contributed by atoms with van der Waals surface area (Å²) in [6, 6.07) is 4.99. The topological polar surface area (TPSA) is 38.5 Å². The van der Waals surface area contributed by atoms with E-state index in [0.717, 1.165) is 12.1 Å². The normalized spacial score (nSPS) is 14.0. The molecule has 1 unspecified atom stereocenters. The second-order valence-corrected chi connectivity index (χ2v) is 5.31. The van der Waals surface area contributed by atoms with E-state index in [-0.39, 0.29) is 6.04 Å². The molecule has 21 heavy (non-hydrogen) atoms. The van der Waals surface area contributed by atoms with Crippen LogP contribution in [0.25, 0.3) is 0 Å². The first-order chi connectivity index (χ1) is 9.75. The predicted molar refractivity (Wildman–Crippen MR) is 77.0 cm³/mol. The fourth-order valence-corrected chi connectivity index (χ4v) is 2.07. The average Bonchev–Trinajstić information content (AvgIpc) is 2.42. The van der Waals surface area contributed by atoms with Gasteiger partial charge in [-0.2, -0.15) is 13.2 Å². The van der Waals surface area contributed by atoms with Gasteiger partial charge in [-0.15, -0.1) is 0 Å². The molecule has 0 amide bonds. The zero-order chi connectivity index (χ0) is 16.0. The van der Waals surface area contributed by atoms with Crippen molar-refractivity contribution in [1.29, 1.82) is 0 Å². The van der Waals surface area contributed by atoms with Crippen molar-refractivity contribution in [1.82, 2.24) is 4.90 Å². The Morgan fingerprint density at radius 3 is 2.48 bits per heavy atom. The first-order valence-corrected chi connectivity index (χ1v) is 6.91. The number of methoxy groups -OCH3 is 1. The van der Waals surface area contributed by atoms with Gasteiger partial charge in [-0.1, -0.05) is 12.1 Å². The second-order valence-electron chi connectivity index (χ2n) is 5.31. The molecule has 1 aromatic rings. The van der Waals surface area contributed by atoms with Gasteiger partial charge < -0.3 is 10.5 Å². The summed E-state index contributed by atoms with van der Waals surface area (Å²) in [6.45, 7) is 5.79. The largest absolute Gasteiger partial charge is 0.416 e. The van der Waals surface area contributed by atoms with Crippen LogP contribution in [0, 0.1) is 0 Å². The lowest BCUT2D eigenvalue weighted by molar-refractivity contribution is -0.137. The van der Waals surface area contributed by atoms with E-state index < -0.39 is 17.8 Å². The van der Waals surface area contributed by atoms with Crippen LogP contribution in [-0.4, -0.2) is 37.7 Å². The molecule has 0 aliphatic carbocycles. The molecule has 1 aromatic carbocycles. The lowest BCUT2D eigenvalue weighted by Gasteiger charge is -2.29. The first-order valence-electron chi connectivity index (χ1n) is 6.91. The summed E-state index contributed by atoms with van der Waals surface area (Å²) in [7, 11) is 1.62. The highest BCUT2D eigenvalue weighted by atomic mass is 19.4. The SMILES string of the molecule is COCCN(CC(N)c1cccc(C(F)(F)F)c1)C(C)C. The number of halogens is 3. The molecule has 3 nitrogen and oxygen atoms in total. The maximum absolute atomic E-state index is 12.7. The maximum Gasteiger partial charge on any atom is 0.416 e. The van der Waals surface area contributed by atoms with Crippen molar-refractivity contribution in [3.63, 3.8) is 0 Å². The third kappa shape index (κ3) is 5.65. The quantitative estimate of drug-likeness (QED) is 0.841. The van der Waals surface area contributed by atoms with Crippen LogP contribution in [0.15, 0.2) is 24.3 Å². The molecule has 0 saturated carbocycles. The van der Waals surface area contributed by atoms with Crippen LogP contribution in [-0.2, 0) is 10.9 Å². The zero-order valence-electron chi connectivity index (χ0n) is 12.7. The van der Waals surface area contributed by atoms with Gasteiger partial charge in [0, 0.05) is 32.3 Å². The van der Waals surface area contributed by atoms with Gasteiger partial charge in [-0.05, 0) is 31.5 Å². The molecule has 1 rings (SSSR count). The molecule has 6 heteroatoms. The zero-order valence-corrected chi connectivity index (χ0v) is 12.7. The molecule has 0 saturated heterocycles. The summed E-state index contributed by atoms with van der Waals surface area (Å²) in [5.74, 6) is 0. The van der Waals surface area contributed by atoms with Crippen LogP contribution in [0.5, 0.6) is 0 Å². The molecule has 0 spiro atoms. The summed E-state index contributed by atoms with van der Waals surface area (Å²) < 4.78 is 43.2. The molecule has 0 radical (unpaired) electrons. The van der Waals surface area contributed by atoms with Gasteiger partial charge in [-0.25, -0.2) is 0 Å². The molecule has 0 aliphatic heterocycles. The summed E-state index contributed by atoms with van der Waals surface area (Å²) in [5, 5.41) is 0. The minimum atomic E-state index is -4.34. The average molecular weight is 304 g/mol. The Morgan fingerprint density at radius 1 is 1.29 bits per heavy atom. The van der Waals surface area contributed by atoms with E-state index >= 15 is 0 Å². The Hall–Kier alpha value is -1.11. The Balaban J connectivity index is 2.80. The van der Waals surface area contributed by atoms with E-state index in [4.69, 9.17) is 10.5 Å². The number of hydrogen-bond donors (Lipinski definition) is 1. The van der Waals surface area contributed by atoms with Crippen molar-refractivity contribution in [2.75, 3.05) is 26.8 Å². The van der Waals surface area contributed by atoms with Crippen molar-refractivity contribution in [2.24, 2.45) is 5.73 Å². The number of hydrogen-bond acceptors (Lipinski definition) is 3. The number of ether oxygens (including phenoxy) is 1. The van der Waals surface area contributed by atoms with Gasteiger partial charge in [0.2, 0.25) is 0 Å². The van der Waals surface area contributed by atoms with Crippen molar-refractivity contribution >= 4 is 0 Å². The van der Waals surface area contributed by atoms with Crippen LogP contribution < -0.4 is 5.73 Å². The lowest BCUT2D eigenvalue weighted by Crippen LogP contribution is -2.39. The van der Waals surface area contributed by atoms with E-state index in [0.29, 0.717) is 25.3 Å². The molecule has 2 N–H and O–H groups in total. The molecule has 0 heterocycles. The minimum absolute atomic E-state index is 0.247. The van der Waals surface area contributed by atoms with Crippen molar-refractivity contribution < 1.29 is 17.9 Å². The van der Waals surface area contributed by atoms with Gasteiger partial charge >= 0.3 is 6.18 Å². The van der Waals surface area contributed by atoms with Gasteiger partial charge in [0.05, 0.1) is 12.2 Å². The van der Waals surface area contributed by atoms with E-state index in [1.807, 2.05) is 13.8 Å². The summed E-state index contributed by atoms with van der Waals surface area (Å²) in [5.41, 5.74) is 5.90. The summed E-state index contributed by atoms with van der Waals surface area (Å²) in [4.78, 5) is 2.09. The molecule has 0 fully saturated rings. The van der Waals surface area contributed by atoms with Crippen LogP contribution in [0.3, 0.4) is 0 Å². The number of rotatable bonds is 7. The standard InChI is InChI=1S/C15H23F3N2O/c1-11(2)20(7-8-21-3)10-14(19)12-5-4-6-13(9-12)15(16,17)18/h4-6,9,11,14H,7-8,10,19H2,1-3H3. The van der Waals surface area contributed by atoms with E-state index in [2.05, 4.69) is 4.90 Å². The molecular formula is C15H23F3N2O. The Kier molecular flexibility index (Phi) is 6.64. The predicted octanol–water partition coefficient (Wildman–Crippen LogP) is 3.06. The molecule has 1 atom stereocenters. The van der Waals surface area contributed by atoms with Crippen molar-refractivity contribution in [3.8, 4) is 0 Å². The maximum atomic E-state index is 12.7. The Bertz CT molecular complexity index is 435. The highest BCUT2D eigenvalue weighted by Crippen LogP contribution is 2.30. The second kappa shape index (κ2) is 7.77. The first kappa shape index (κ1) is 17.9. The Morgan fingerprint density at radius 2 is 1.95 bits per heavy atom. The van der Waals surface area contributed by atoms with Crippen LogP contribution in [0.2, 0.25) is 0 Å².